The molecule has 4 heteroatoms. The molecular formula is C14H17N3S. The molecule has 1 aromatic heterocycles. The van der Waals surface area contributed by atoms with Gasteiger partial charge in [0, 0.05) is 24.0 Å². The first-order chi connectivity index (χ1) is 8.88. The molecule has 1 heterocycles. The molecule has 18 heavy (non-hydrogen) atoms. The van der Waals surface area contributed by atoms with Crippen molar-refractivity contribution >= 4 is 11.3 Å². The fourth-order valence-electron chi connectivity index (χ4n) is 2.62. The molecule has 3 nitrogen and oxygen atoms in total. The third-order valence-corrected chi connectivity index (χ3v) is 4.48. The Bertz CT molecular complexity index is 483. The summed E-state index contributed by atoms with van der Waals surface area (Å²) < 4.78 is 0. The fraction of sp³-hybridized carbons (Fsp3) is 0.357. The van der Waals surface area contributed by atoms with Crippen LogP contribution >= 0.6 is 11.3 Å². The van der Waals surface area contributed by atoms with Crippen molar-refractivity contribution in [2.75, 3.05) is 0 Å². The Balaban J connectivity index is 1.65. The molecule has 1 aliphatic carbocycles. The quantitative estimate of drug-likeness (QED) is 0.640. The second-order valence-electron chi connectivity index (χ2n) is 4.82. The number of hydrogen-bond donors (Lipinski definition) is 2. The van der Waals surface area contributed by atoms with E-state index in [0.29, 0.717) is 17.9 Å². The molecule has 3 rings (SSSR count). The summed E-state index contributed by atoms with van der Waals surface area (Å²) in [6.45, 7) is 0. The van der Waals surface area contributed by atoms with Crippen molar-refractivity contribution in [2.24, 2.45) is 11.8 Å². The van der Waals surface area contributed by atoms with Crippen LogP contribution in [0.25, 0.3) is 0 Å². The van der Waals surface area contributed by atoms with Gasteiger partial charge in [0.2, 0.25) is 0 Å². The minimum absolute atomic E-state index is 0.335. The number of rotatable bonds is 5. The summed E-state index contributed by atoms with van der Waals surface area (Å²) in [5.41, 5.74) is 4.40. The van der Waals surface area contributed by atoms with E-state index >= 15 is 0 Å². The van der Waals surface area contributed by atoms with Gasteiger partial charge in [-0.2, -0.15) is 0 Å². The Morgan fingerprint density at radius 3 is 2.89 bits per heavy atom. The first-order valence-electron chi connectivity index (χ1n) is 6.28. The maximum Gasteiger partial charge on any atom is 0.0940 e. The van der Waals surface area contributed by atoms with Crippen molar-refractivity contribution in [2.45, 2.75) is 24.8 Å². The monoisotopic (exact) mass is 259 g/mol. The van der Waals surface area contributed by atoms with E-state index in [4.69, 9.17) is 5.84 Å². The van der Waals surface area contributed by atoms with E-state index < -0.39 is 0 Å². The van der Waals surface area contributed by atoms with Gasteiger partial charge in [0.05, 0.1) is 5.01 Å². The third kappa shape index (κ3) is 2.46. The minimum Gasteiger partial charge on any atom is -0.271 e. The van der Waals surface area contributed by atoms with E-state index in [2.05, 4.69) is 40.7 Å². The van der Waals surface area contributed by atoms with Crippen LogP contribution in [0.3, 0.4) is 0 Å². The van der Waals surface area contributed by atoms with Crippen LogP contribution in [0.5, 0.6) is 0 Å². The number of hydrazine groups is 1. The number of benzene rings is 1. The van der Waals surface area contributed by atoms with Gasteiger partial charge >= 0.3 is 0 Å². The normalized spacial score (nSPS) is 23.8. The van der Waals surface area contributed by atoms with E-state index in [1.165, 1.54) is 12.0 Å². The second-order valence-corrected chi connectivity index (χ2v) is 5.80. The van der Waals surface area contributed by atoms with Gasteiger partial charge in [0.1, 0.15) is 0 Å². The second kappa shape index (κ2) is 5.18. The summed E-state index contributed by atoms with van der Waals surface area (Å²) in [5, 5.41) is 3.18. The van der Waals surface area contributed by atoms with Crippen molar-refractivity contribution in [3.8, 4) is 0 Å². The molecule has 1 saturated carbocycles. The number of hydrogen-bond acceptors (Lipinski definition) is 4. The van der Waals surface area contributed by atoms with Gasteiger partial charge in [-0.15, -0.1) is 11.3 Å². The highest BCUT2D eigenvalue weighted by molar-refractivity contribution is 7.09. The summed E-state index contributed by atoms with van der Waals surface area (Å²) in [6, 6.07) is 11.0. The largest absolute Gasteiger partial charge is 0.271 e. The zero-order chi connectivity index (χ0) is 12.4. The SMILES string of the molecule is NNC(Cc1nccs1)C1CC1c1ccccc1. The Morgan fingerprint density at radius 1 is 1.39 bits per heavy atom. The van der Waals surface area contributed by atoms with Gasteiger partial charge in [-0.1, -0.05) is 30.3 Å². The fourth-order valence-corrected chi connectivity index (χ4v) is 3.29. The Morgan fingerprint density at radius 2 is 2.22 bits per heavy atom. The number of aromatic nitrogens is 1. The lowest BCUT2D eigenvalue weighted by molar-refractivity contribution is 0.463. The third-order valence-electron chi connectivity index (χ3n) is 3.68. The van der Waals surface area contributed by atoms with E-state index in [-0.39, 0.29) is 0 Å². The molecule has 3 atom stereocenters. The van der Waals surface area contributed by atoms with Crippen molar-refractivity contribution in [3.05, 3.63) is 52.5 Å². The minimum atomic E-state index is 0.335. The maximum atomic E-state index is 5.70. The van der Waals surface area contributed by atoms with E-state index in [0.717, 1.165) is 11.4 Å². The molecule has 0 spiro atoms. The molecule has 0 saturated heterocycles. The highest BCUT2D eigenvalue weighted by Crippen LogP contribution is 2.49. The Labute approximate surface area is 111 Å². The molecule has 2 aromatic rings. The lowest BCUT2D eigenvalue weighted by atomic mass is 10.0. The van der Waals surface area contributed by atoms with Gasteiger partial charge < -0.3 is 0 Å². The number of nitrogens with two attached hydrogens (primary N) is 1. The number of nitrogens with one attached hydrogen (secondary N) is 1. The molecule has 3 unspecified atom stereocenters. The summed E-state index contributed by atoms with van der Waals surface area (Å²) >= 11 is 1.70. The molecular weight excluding hydrogens is 242 g/mol. The number of thiazole rings is 1. The number of nitrogens with zero attached hydrogens (tertiary/aromatic N) is 1. The van der Waals surface area contributed by atoms with E-state index in [1.54, 1.807) is 11.3 Å². The standard InChI is InChI=1S/C14H17N3S/c15-17-13(9-14-16-6-7-18-14)12-8-11(12)10-4-2-1-3-5-10/h1-7,11-13,17H,8-9,15H2. The van der Waals surface area contributed by atoms with Gasteiger partial charge in [-0.25, -0.2) is 4.98 Å². The van der Waals surface area contributed by atoms with Crippen LogP contribution in [-0.2, 0) is 6.42 Å². The summed E-state index contributed by atoms with van der Waals surface area (Å²) in [5.74, 6) is 7.00. The first kappa shape index (κ1) is 11.8. The van der Waals surface area contributed by atoms with E-state index in [9.17, 15) is 0 Å². The lowest BCUT2D eigenvalue weighted by Gasteiger charge is -2.14. The van der Waals surface area contributed by atoms with Gasteiger partial charge in [-0.05, 0) is 23.8 Å². The van der Waals surface area contributed by atoms with Crippen LogP contribution in [-0.4, -0.2) is 11.0 Å². The summed E-state index contributed by atoms with van der Waals surface area (Å²) in [6.07, 6.45) is 4.02. The average molecular weight is 259 g/mol. The molecule has 94 valence electrons. The highest BCUT2D eigenvalue weighted by Gasteiger charge is 2.43. The molecule has 1 fully saturated rings. The smallest absolute Gasteiger partial charge is 0.0940 e. The topological polar surface area (TPSA) is 50.9 Å². The van der Waals surface area contributed by atoms with Crippen LogP contribution in [0.2, 0.25) is 0 Å². The lowest BCUT2D eigenvalue weighted by Crippen LogP contribution is -2.38. The molecule has 3 N–H and O–H groups in total. The van der Waals surface area contributed by atoms with Gasteiger partial charge in [0.15, 0.2) is 0 Å². The van der Waals surface area contributed by atoms with Gasteiger partial charge in [0.25, 0.3) is 0 Å². The van der Waals surface area contributed by atoms with Crippen molar-refractivity contribution in [1.29, 1.82) is 0 Å². The van der Waals surface area contributed by atoms with Crippen molar-refractivity contribution in [1.82, 2.24) is 10.4 Å². The van der Waals surface area contributed by atoms with Crippen LogP contribution in [0.1, 0.15) is 22.9 Å². The molecule has 0 radical (unpaired) electrons. The molecule has 0 bridgehead atoms. The first-order valence-corrected chi connectivity index (χ1v) is 7.16. The molecule has 0 aliphatic heterocycles. The summed E-state index contributed by atoms with van der Waals surface area (Å²) in [7, 11) is 0. The highest BCUT2D eigenvalue weighted by atomic mass is 32.1. The van der Waals surface area contributed by atoms with Crippen LogP contribution in [0.4, 0.5) is 0 Å². The predicted octanol–water partition coefficient (Wildman–Crippen LogP) is 2.32. The van der Waals surface area contributed by atoms with Crippen LogP contribution < -0.4 is 11.3 Å². The predicted molar refractivity (Wildman–Crippen MR) is 74.2 cm³/mol. The maximum absolute atomic E-state index is 5.70. The molecule has 1 aliphatic rings. The Kier molecular flexibility index (Phi) is 3.41. The van der Waals surface area contributed by atoms with Crippen LogP contribution in [0.15, 0.2) is 41.9 Å². The van der Waals surface area contributed by atoms with Gasteiger partial charge in [-0.3, -0.25) is 11.3 Å². The van der Waals surface area contributed by atoms with Crippen LogP contribution in [0, 0.1) is 5.92 Å². The van der Waals surface area contributed by atoms with Crippen molar-refractivity contribution < 1.29 is 0 Å². The average Bonchev–Trinajstić information content (AvgIpc) is 3.05. The molecule has 1 aromatic carbocycles. The zero-order valence-electron chi connectivity index (χ0n) is 10.1. The Hall–Kier alpha value is -1.23. The molecule has 0 amide bonds. The zero-order valence-corrected chi connectivity index (χ0v) is 10.9. The summed E-state index contributed by atoms with van der Waals surface area (Å²) in [4.78, 5) is 4.33. The van der Waals surface area contributed by atoms with Crippen molar-refractivity contribution in [3.63, 3.8) is 0 Å². The van der Waals surface area contributed by atoms with E-state index in [1.807, 2.05) is 11.6 Å².